The number of nitrogens with zero attached hydrogens (tertiary/aromatic N) is 1. The number of amides is 1. The van der Waals surface area contributed by atoms with Crippen LogP contribution in [0.4, 0.5) is 5.69 Å². The van der Waals surface area contributed by atoms with Crippen molar-refractivity contribution in [3.05, 3.63) is 54.6 Å². The first-order chi connectivity index (χ1) is 12.6. The average molecular weight is 350 g/mol. The first-order valence-corrected chi connectivity index (χ1v) is 9.10. The molecule has 4 atom stereocenters. The molecular weight excluding hydrogens is 328 g/mol. The summed E-state index contributed by atoms with van der Waals surface area (Å²) in [7, 11) is 1.38. The van der Waals surface area contributed by atoms with Gasteiger partial charge in [-0.05, 0) is 31.0 Å². The number of benzene rings is 1. The van der Waals surface area contributed by atoms with Crippen LogP contribution < -0.4 is 5.32 Å². The van der Waals surface area contributed by atoms with Gasteiger partial charge in [0.25, 0.3) is 0 Å². The van der Waals surface area contributed by atoms with E-state index in [0.29, 0.717) is 6.42 Å². The summed E-state index contributed by atoms with van der Waals surface area (Å²) in [5, 5.41) is 3.00. The Balaban J connectivity index is 1.90. The van der Waals surface area contributed by atoms with E-state index in [0.717, 1.165) is 30.8 Å². The van der Waals surface area contributed by atoms with Crippen molar-refractivity contribution in [1.29, 1.82) is 0 Å². The van der Waals surface area contributed by atoms with Gasteiger partial charge in [0.2, 0.25) is 5.91 Å². The van der Waals surface area contributed by atoms with Crippen LogP contribution >= 0.6 is 0 Å². The molecule has 0 aromatic heterocycles. The zero-order valence-corrected chi connectivity index (χ0v) is 14.8. The van der Waals surface area contributed by atoms with E-state index in [1.807, 2.05) is 24.3 Å². The van der Waals surface area contributed by atoms with Crippen molar-refractivity contribution in [2.75, 3.05) is 25.5 Å². The van der Waals surface area contributed by atoms with Crippen molar-refractivity contribution < 1.29 is 14.3 Å². The maximum atomic E-state index is 13.5. The predicted octanol–water partition coefficient (Wildman–Crippen LogP) is 2.26. The highest BCUT2D eigenvalue weighted by Crippen LogP contribution is 2.71. The fourth-order valence-electron chi connectivity index (χ4n) is 6.39. The molecule has 4 unspecified atom stereocenters. The number of anilines is 1. The van der Waals surface area contributed by atoms with Crippen LogP contribution in [-0.4, -0.2) is 43.0 Å². The minimum absolute atomic E-state index is 0.0313. The second-order valence-electron chi connectivity index (χ2n) is 7.91. The van der Waals surface area contributed by atoms with Gasteiger partial charge in [-0.25, -0.2) is 0 Å². The minimum Gasteiger partial charge on any atom is -0.468 e. The number of carbonyl (C=O) groups is 2. The molecule has 3 aliphatic heterocycles. The second kappa shape index (κ2) is 4.86. The molecule has 134 valence electrons. The fraction of sp³-hybridized carbons (Fsp3) is 0.429. The average Bonchev–Trinajstić information content (AvgIpc) is 3.19. The minimum atomic E-state index is -1.24. The molecule has 5 heteroatoms. The van der Waals surface area contributed by atoms with Crippen molar-refractivity contribution in [3.8, 4) is 0 Å². The monoisotopic (exact) mass is 350 g/mol. The van der Waals surface area contributed by atoms with Crippen molar-refractivity contribution in [1.82, 2.24) is 4.90 Å². The maximum Gasteiger partial charge on any atom is 0.322 e. The summed E-state index contributed by atoms with van der Waals surface area (Å²) in [6, 6.07) is 7.93. The van der Waals surface area contributed by atoms with Crippen LogP contribution in [0, 0.1) is 10.8 Å². The van der Waals surface area contributed by atoms with Crippen LogP contribution in [0.1, 0.15) is 18.4 Å². The van der Waals surface area contributed by atoms with E-state index in [9.17, 15) is 9.59 Å². The molecule has 1 aromatic rings. The molecular formula is C21H22N2O3. The van der Waals surface area contributed by atoms with Crippen molar-refractivity contribution in [2.45, 2.75) is 24.3 Å². The normalized spacial score (nSPS) is 39.6. The van der Waals surface area contributed by atoms with Crippen LogP contribution in [0.3, 0.4) is 0 Å². The number of para-hydroxylation sites is 1. The third-order valence-electron chi connectivity index (χ3n) is 7.19. The highest BCUT2D eigenvalue weighted by atomic mass is 16.5. The van der Waals surface area contributed by atoms with E-state index >= 15 is 0 Å². The summed E-state index contributed by atoms with van der Waals surface area (Å²) in [5.74, 6) is -0.677. The van der Waals surface area contributed by atoms with E-state index in [1.165, 1.54) is 7.11 Å². The lowest BCUT2D eigenvalue weighted by molar-refractivity contribution is -0.162. The summed E-state index contributed by atoms with van der Waals surface area (Å²) >= 11 is 0. The van der Waals surface area contributed by atoms with Crippen LogP contribution in [0.2, 0.25) is 0 Å². The zero-order valence-electron chi connectivity index (χ0n) is 14.8. The summed E-state index contributed by atoms with van der Waals surface area (Å²) in [6.45, 7) is 5.79. The molecule has 5 nitrogen and oxygen atoms in total. The molecule has 26 heavy (non-hydrogen) atoms. The van der Waals surface area contributed by atoms with Gasteiger partial charge in [-0.15, -0.1) is 6.58 Å². The van der Waals surface area contributed by atoms with Gasteiger partial charge in [-0.1, -0.05) is 36.4 Å². The largest absolute Gasteiger partial charge is 0.468 e. The van der Waals surface area contributed by atoms with Crippen molar-refractivity contribution in [3.63, 3.8) is 0 Å². The van der Waals surface area contributed by atoms with Crippen molar-refractivity contribution >= 4 is 17.6 Å². The van der Waals surface area contributed by atoms with Gasteiger partial charge in [0.05, 0.1) is 7.11 Å². The summed E-state index contributed by atoms with van der Waals surface area (Å²) in [4.78, 5) is 29.1. The van der Waals surface area contributed by atoms with Crippen LogP contribution in [0.25, 0.3) is 0 Å². The summed E-state index contributed by atoms with van der Waals surface area (Å²) < 4.78 is 5.24. The molecule has 1 spiro atoms. The Labute approximate surface area is 152 Å². The van der Waals surface area contributed by atoms with Crippen LogP contribution in [0.5, 0.6) is 0 Å². The Hall–Kier alpha value is -2.40. The number of ether oxygens (including phenoxy) is 1. The number of fused-ring (bicyclic) bond motifs is 1. The molecule has 3 heterocycles. The molecule has 0 radical (unpaired) electrons. The molecule has 4 aliphatic rings. The Kier molecular flexibility index (Phi) is 2.96. The lowest BCUT2D eigenvalue weighted by atomic mass is 9.57. The number of esters is 1. The third kappa shape index (κ3) is 1.45. The third-order valence-corrected chi connectivity index (χ3v) is 7.19. The van der Waals surface area contributed by atoms with Gasteiger partial charge in [-0.3, -0.25) is 14.5 Å². The molecule has 1 amide bonds. The van der Waals surface area contributed by atoms with Crippen molar-refractivity contribution in [2.24, 2.45) is 10.8 Å². The lowest BCUT2D eigenvalue weighted by Gasteiger charge is -2.48. The van der Waals surface area contributed by atoms with Gasteiger partial charge in [0.1, 0.15) is 0 Å². The Bertz CT molecular complexity index is 878. The maximum absolute atomic E-state index is 13.5. The van der Waals surface area contributed by atoms with E-state index in [4.69, 9.17) is 4.74 Å². The van der Waals surface area contributed by atoms with Gasteiger partial charge in [-0.2, -0.15) is 0 Å². The smallest absolute Gasteiger partial charge is 0.322 e. The number of nitrogens with one attached hydrogen (secondary N) is 1. The molecule has 1 N–H and O–H groups in total. The molecule has 0 bridgehead atoms. The number of methoxy groups -OCH3 is 1. The van der Waals surface area contributed by atoms with E-state index in [1.54, 1.807) is 0 Å². The number of rotatable bonds is 2. The van der Waals surface area contributed by atoms with Gasteiger partial charge >= 0.3 is 5.97 Å². The molecule has 1 saturated carbocycles. The SMILES string of the molecule is C=CC12C=CCN3CCC4(c5ccccc5NC(=O)C4(C(=O)OC)C1)C32. The molecule has 2 fully saturated rings. The van der Waals surface area contributed by atoms with E-state index < -0.39 is 22.2 Å². The molecule has 1 aliphatic carbocycles. The summed E-state index contributed by atoms with van der Waals surface area (Å²) in [6.07, 6.45) is 7.39. The standard InChI is InChI=1S/C21H22N2O3/c1-3-19-9-6-11-23-12-10-20(16(19)23)14-7-4-5-8-15(14)22-17(24)21(20,13-19)18(25)26-2/h3-9,16H,1,10-13H2,2H3,(H,22,24). The molecule has 5 rings (SSSR count). The van der Waals surface area contributed by atoms with E-state index in [-0.39, 0.29) is 11.9 Å². The number of carbonyl (C=O) groups excluding carboxylic acids is 2. The number of hydrogen-bond acceptors (Lipinski definition) is 4. The predicted molar refractivity (Wildman–Crippen MR) is 97.6 cm³/mol. The first kappa shape index (κ1) is 15.8. The first-order valence-electron chi connectivity index (χ1n) is 9.10. The lowest BCUT2D eigenvalue weighted by Crippen LogP contribution is -2.61. The van der Waals surface area contributed by atoms with Crippen LogP contribution in [-0.2, 0) is 19.7 Å². The fourth-order valence-corrected chi connectivity index (χ4v) is 6.39. The van der Waals surface area contributed by atoms with Gasteiger partial charge in [0, 0.05) is 29.1 Å². The highest BCUT2D eigenvalue weighted by molar-refractivity contribution is 6.14. The second-order valence-corrected chi connectivity index (χ2v) is 7.91. The molecule has 1 aromatic carbocycles. The van der Waals surface area contributed by atoms with Crippen LogP contribution in [0.15, 0.2) is 49.1 Å². The Morgan fingerprint density at radius 3 is 3.00 bits per heavy atom. The van der Waals surface area contributed by atoms with Gasteiger partial charge < -0.3 is 10.1 Å². The topological polar surface area (TPSA) is 58.6 Å². The highest BCUT2D eigenvalue weighted by Gasteiger charge is 2.79. The quantitative estimate of drug-likeness (QED) is 0.505. The van der Waals surface area contributed by atoms with E-state index in [2.05, 4.69) is 35.0 Å². The summed E-state index contributed by atoms with van der Waals surface area (Å²) in [5.41, 5.74) is -0.390. The van der Waals surface area contributed by atoms with Gasteiger partial charge in [0.15, 0.2) is 5.41 Å². The number of hydrogen-bond donors (Lipinski definition) is 1. The Morgan fingerprint density at radius 2 is 2.23 bits per heavy atom. The molecule has 1 saturated heterocycles. The Morgan fingerprint density at radius 1 is 1.42 bits per heavy atom. The zero-order chi connectivity index (χ0) is 18.2.